The van der Waals surface area contributed by atoms with Gasteiger partial charge in [0.1, 0.15) is 12.4 Å². The van der Waals surface area contributed by atoms with E-state index in [-0.39, 0.29) is 0 Å². The molecule has 0 saturated carbocycles. The Morgan fingerprint density at radius 1 is 1.35 bits per heavy atom. The molecule has 20 heavy (non-hydrogen) atoms. The van der Waals surface area contributed by atoms with Crippen LogP contribution in [0.15, 0.2) is 24.3 Å². The molecule has 1 heterocycles. The van der Waals surface area contributed by atoms with Crippen LogP contribution in [0.5, 0.6) is 5.75 Å². The van der Waals surface area contributed by atoms with Gasteiger partial charge in [-0.25, -0.2) is 0 Å². The van der Waals surface area contributed by atoms with Crippen LogP contribution in [0.25, 0.3) is 0 Å². The molecule has 0 saturated heterocycles. The first-order chi connectivity index (χ1) is 9.51. The first-order valence-electron chi connectivity index (χ1n) is 6.94. The Balaban J connectivity index is 2.16. The topological polar surface area (TPSA) is 47.3 Å². The number of aromatic nitrogens is 2. The van der Waals surface area contributed by atoms with E-state index in [9.17, 15) is 5.11 Å². The van der Waals surface area contributed by atoms with Crippen molar-refractivity contribution in [2.75, 3.05) is 0 Å². The zero-order valence-corrected chi connectivity index (χ0v) is 12.6. The maximum absolute atomic E-state index is 9.83. The van der Waals surface area contributed by atoms with Gasteiger partial charge in [-0.2, -0.15) is 5.10 Å². The molecule has 0 aliphatic carbocycles. The first-order valence-corrected chi connectivity index (χ1v) is 6.94. The molecule has 0 amide bonds. The summed E-state index contributed by atoms with van der Waals surface area (Å²) in [6.07, 6.45) is 0.375. The summed E-state index contributed by atoms with van der Waals surface area (Å²) in [5.74, 6) is 0.727. The Labute approximate surface area is 120 Å². The normalized spacial score (nSPS) is 12.4. The molecule has 0 spiro atoms. The minimum absolute atomic E-state index is 0.451. The molecule has 108 valence electrons. The fraction of sp³-hybridized carbons (Fsp3) is 0.438. The Bertz CT molecular complexity index is 588. The lowest BCUT2D eigenvalue weighted by atomic mass is 10.1. The van der Waals surface area contributed by atoms with Crippen LogP contribution in [0.4, 0.5) is 0 Å². The Morgan fingerprint density at radius 3 is 2.70 bits per heavy atom. The van der Waals surface area contributed by atoms with Gasteiger partial charge in [-0.15, -0.1) is 0 Å². The predicted molar refractivity (Wildman–Crippen MR) is 78.7 cm³/mol. The van der Waals surface area contributed by atoms with Crippen molar-refractivity contribution in [3.63, 3.8) is 0 Å². The molecular formula is C16H22N2O2. The van der Waals surface area contributed by atoms with Crippen LogP contribution in [0.1, 0.15) is 42.5 Å². The molecule has 4 nitrogen and oxygen atoms in total. The summed E-state index contributed by atoms with van der Waals surface area (Å²) in [5.41, 5.74) is 4.02. The maximum atomic E-state index is 9.83. The summed E-state index contributed by atoms with van der Waals surface area (Å²) >= 11 is 0. The molecule has 4 heteroatoms. The molecule has 1 aromatic heterocycles. The van der Waals surface area contributed by atoms with E-state index >= 15 is 0 Å². The summed E-state index contributed by atoms with van der Waals surface area (Å²) in [5, 5.41) is 14.2. The SMILES string of the molecule is CCc1cc(COc2ccc(C)cc2C(C)O)n(C)n1. The molecule has 0 bridgehead atoms. The van der Waals surface area contributed by atoms with Gasteiger partial charge < -0.3 is 9.84 Å². The number of benzene rings is 1. The van der Waals surface area contributed by atoms with Gasteiger partial charge in [-0.3, -0.25) is 4.68 Å². The van der Waals surface area contributed by atoms with Crippen molar-refractivity contribution >= 4 is 0 Å². The number of aliphatic hydroxyl groups excluding tert-OH is 1. The van der Waals surface area contributed by atoms with Crippen molar-refractivity contribution in [1.29, 1.82) is 0 Å². The largest absolute Gasteiger partial charge is 0.487 e. The number of hydrogen-bond donors (Lipinski definition) is 1. The number of aryl methyl sites for hydroxylation is 3. The van der Waals surface area contributed by atoms with Gasteiger partial charge in [0.15, 0.2) is 0 Å². The van der Waals surface area contributed by atoms with Crippen LogP contribution >= 0.6 is 0 Å². The second-order valence-electron chi connectivity index (χ2n) is 5.11. The molecule has 0 fully saturated rings. The van der Waals surface area contributed by atoms with Crippen LogP contribution in [-0.4, -0.2) is 14.9 Å². The van der Waals surface area contributed by atoms with E-state index in [1.54, 1.807) is 6.92 Å². The van der Waals surface area contributed by atoms with E-state index in [2.05, 4.69) is 18.1 Å². The third-order valence-electron chi connectivity index (χ3n) is 3.38. The van der Waals surface area contributed by atoms with Crippen molar-refractivity contribution in [2.24, 2.45) is 7.05 Å². The zero-order valence-electron chi connectivity index (χ0n) is 12.6. The molecule has 1 unspecified atom stereocenters. The number of rotatable bonds is 5. The van der Waals surface area contributed by atoms with Crippen LogP contribution in [0, 0.1) is 6.92 Å². The first kappa shape index (κ1) is 14.6. The minimum Gasteiger partial charge on any atom is -0.487 e. The van der Waals surface area contributed by atoms with E-state index < -0.39 is 6.10 Å². The van der Waals surface area contributed by atoms with Crippen LogP contribution in [0.2, 0.25) is 0 Å². The van der Waals surface area contributed by atoms with Crippen molar-refractivity contribution in [3.8, 4) is 5.75 Å². The molecule has 1 aromatic carbocycles. The third-order valence-corrected chi connectivity index (χ3v) is 3.38. The van der Waals surface area contributed by atoms with Gasteiger partial charge in [-0.1, -0.05) is 18.6 Å². The van der Waals surface area contributed by atoms with E-state index in [0.717, 1.165) is 34.7 Å². The van der Waals surface area contributed by atoms with E-state index in [0.29, 0.717) is 6.61 Å². The highest BCUT2D eigenvalue weighted by molar-refractivity contribution is 5.38. The second-order valence-corrected chi connectivity index (χ2v) is 5.11. The van der Waals surface area contributed by atoms with Crippen molar-refractivity contribution < 1.29 is 9.84 Å². The molecule has 2 rings (SSSR count). The quantitative estimate of drug-likeness (QED) is 0.912. The Morgan fingerprint density at radius 2 is 2.10 bits per heavy atom. The summed E-state index contributed by atoms with van der Waals surface area (Å²) < 4.78 is 7.70. The molecule has 2 aromatic rings. The lowest BCUT2D eigenvalue weighted by Crippen LogP contribution is -2.05. The van der Waals surface area contributed by atoms with Gasteiger partial charge in [0, 0.05) is 12.6 Å². The van der Waals surface area contributed by atoms with E-state index in [1.165, 1.54) is 0 Å². The van der Waals surface area contributed by atoms with Gasteiger partial charge in [0.05, 0.1) is 17.5 Å². The van der Waals surface area contributed by atoms with Gasteiger partial charge in [-0.05, 0) is 38.5 Å². The van der Waals surface area contributed by atoms with E-state index in [1.807, 2.05) is 36.9 Å². The smallest absolute Gasteiger partial charge is 0.130 e. The molecule has 1 atom stereocenters. The monoisotopic (exact) mass is 274 g/mol. The molecular weight excluding hydrogens is 252 g/mol. The van der Waals surface area contributed by atoms with Crippen molar-refractivity contribution in [3.05, 3.63) is 46.8 Å². The van der Waals surface area contributed by atoms with Gasteiger partial charge >= 0.3 is 0 Å². The van der Waals surface area contributed by atoms with Gasteiger partial charge in [0.25, 0.3) is 0 Å². The number of aliphatic hydroxyl groups is 1. The number of ether oxygens (including phenoxy) is 1. The second kappa shape index (κ2) is 6.09. The molecule has 0 radical (unpaired) electrons. The van der Waals surface area contributed by atoms with Gasteiger partial charge in [0.2, 0.25) is 0 Å². The summed E-state index contributed by atoms with van der Waals surface area (Å²) in [7, 11) is 1.92. The van der Waals surface area contributed by atoms with Crippen LogP contribution in [-0.2, 0) is 20.1 Å². The Kier molecular flexibility index (Phi) is 4.45. The van der Waals surface area contributed by atoms with Crippen LogP contribution < -0.4 is 4.74 Å². The summed E-state index contributed by atoms with van der Waals surface area (Å²) in [4.78, 5) is 0. The highest BCUT2D eigenvalue weighted by Gasteiger charge is 2.11. The fourth-order valence-corrected chi connectivity index (χ4v) is 2.16. The molecule has 1 N–H and O–H groups in total. The summed E-state index contributed by atoms with van der Waals surface area (Å²) in [6, 6.07) is 7.91. The molecule has 0 aliphatic heterocycles. The van der Waals surface area contributed by atoms with Crippen molar-refractivity contribution in [2.45, 2.75) is 39.9 Å². The summed E-state index contributed by atoms with van der Waals surface area (Å²) in [6.45, 7) is 6.29. The van der Waals surface area contributed by atoms with Crippen molar-refractivity contribution in [1.82, 2.24) is 9.78 Å². The molecule has 0 aliphatic rings. The maximum Gasteiger partial charge on any atom is 0.130 e. The fourth-order valence-electron chi connectivity index (χ4n) is 2.16. The zero-order chi connectivity index (χ0) is 14.7. The number of hydrogen-bond acceptors (Lipinski definition) is 3. The minimum atomic E-state index is -0.539. The lowest BCUT2D eigenvalue weighted by molar-refractivity contribution is 0.189. The van der Waals surface area contributed by atoms with E-state index in [4.69, 9.17) is 4.74 Å². The average molecular weight is 274 g/mol. The lowest BCUT2D eigenvalue weighted by Gasteiger charge is -2.14. The average Bonchev–Trinajstić information content (AvgIpc) is 2.78. The van der Waals surface area contributed by atoms with Crippen LogP contribution in [0.3, 0.4) is 0 Å². The highest BCUT2D eigenvalue weighted by atomic mass is 16.5. The predicted octanol–water partition coefficient (Wildman–Crippen LogP) is 2.92. The third kappa shape index (κ3) is 3.20. The number of nitrogens with zero attached hydrogens (tertiary/aromatic N) is 2. The highest BCUT2D eigenvalue weighted by Crippen LogP contribution is 2.27. The Hall–Kier alpha value is -1.81. The standard InChI is InChI=1S/C16H22N2O2/c1-5-13-9-14(18(4)17-13)10-20-16-7-6-11(2)8-15(16)12(3)19/h6-9,12,19H,5,10H2,1-4H3.